The Balaban J connectivity index is 1.91. The van der Waals surface area contributed by atoms with Gasteiger partial charge in [-0.2, -0.15) is 0 Å². The fourth-order valence-corrected chi connectivity index (χ4v) is 2.88. The second-order valence-electron chi connectivity index (χ2n) is 4.51. The first kappa shape index (κ1) is 14.9. The van der Waals surface area contributed by atoms with E-state index < -0.39 is 0 Å². The van der Waals surface area contributed by atoms with Crippen molar-refractivity contribution in [2.75, 3.05) is 5.32 Å². The molecule has 106 valence electrons. The van der Waals surface area contributed by atoms with E-state index >= 15 is 0 Å². The van der Waals surface area contributed by atoms with Crippen LogP contribution in [-0.4, -0.2) is 6.03 Å². The minimum Gasteiger partial charge on any atom is -0.331 e. The third kappa shape index (κ3) is 3.99. The Morgan fingerprint density at radius 2 is 1.95 bits per heavy atom. The summed E-state index contributed by atoms with van der Waals surface area (Å²) in [4.78, 5) is 12.9. The molecule has 0 saturated heterocycles. The van der Waals surface area contributed by atoms with Gasteiger partial charge in [-0.15, -0.1) is 11.3 Å². The number of thiophene rings is 1. The zero-order valence-electron chi connectivity index (χ0n) is 11.4. The van der Waals surface area contributed by atoms with Crippen LogP contribution in [0, 0.1) is 0 Å². The van der Waals surface area contributed by atoms with E-state index in [0.717, 1.165) is 21.3 Å². The SMILES string of the molecule is CCc1ccc(NC(=O)N[C@@H](C)c2ccc(Cl)s2)cc1. The Bertz CT molecular complexity index is 580. The second-order valence-corrected chi connectivity index (χ2v) is 6.26. The fraction of sp³-hybridized carbons (Fsp3) is 0.267. The highest BCUT2D eigenvalue weighted by atomic mass is 35.5. The number of rotatable bonds is 4. The van der Waals surface area contributed by atoms with Crippen LogP contribution in [0.5, 0.6) is 0 Å². The van der Waals surface area contributed by atoms with Gasteiger partial charge in [0.2, 0.25) is 0 Å². The molecule has 1 aromatic carbocycles. The molecule has 0 spiro atoms. The van der Waals surface area contributed by atoms with E-state index in [4.69, 9.17) is 11.6 Å². The molecule has 0 radical (unpaired) electrons. The molecule has 0 unspecified atom stereocenters. The number of carbonyl (C=O) groups excluding carboxylic acids is 1. The normalized spacial score (nSPS) is 11.9. The quantitative estimate of drug-likeness (QED) is 0.833. The number of halogens is 1. The molecule has 20 heavy (non-hydrogen) atoms. The monoisotopic (exact) mass is 308 g/mol. The van der Waals surface area contributed by atoms with Crippen molar-refractivity contribution in [1.29, 1.82) is 0 Å². The van der Waals surface area contributed by atoms with Crippen molar-refractivity contribution < 1.29 is 4.79 Å². The highest BCUT2D eigenvalue weighted by Crippen LogP contribution is 2.26. The van der Waals surface area contributed by atoms with Crippen LogP contribution in [0.4, 0.5) is 10.5 Å². The predicted octanol–water partition coefficient (Wildman–Crippen LogP) is 4.85. The Labute approximate surface area is 128 Å². The maximum atomic E-state index is 11.9. The van der Waals surface area contributed by atoms with E-state index in [1.807, 2.05) is 43.3 Å². The van der Waals surface area contributed by atoms with Gasteiger partial charge in [0.25, 0.3) is 0 Å². The minimum absolute atomic E-state index is 0.0672. The lowest BCUT2D eigenvalue weighted by Gasteiger charge is -2.13. The van der Waals surface area contributed by atoms with Crippen LogP contribution in [0.25, 0.3) is 0 Å². The van der Waals surface area contributed by atoms with Crippen molar-refractivity contribution in [2.24, 2.45) is 0 Å². The standard InChI is InChI=1S/C15H17ClN2OS/c1-3-11-4-6-12(7-5-11)18-15(19)17-10(2)13-8-9-14(16)20-13/h4-10H,3H2,1-2H3,(H2,17,18,19)/t10-/m0/s1. The number of nitrogens with one attached hydrogen (secondary N) is 2. The average Bonchev–Trinajstić information content (AvgIpc) is 2.86. The molecule has 1 aromatic heterocycles. The third-order valence-electron chi connectivity index (χ3n) is 2.99. The predicted molar refractivity (Wildman–Crippen MR) is 85.7 cm³/mol. The molecule has 0 aliphatic heterocycles. The van der Waals surface area contributed by atoms with Gasteiger partial charge in [-0.1, -0.05) is 30.7 Å². The number of urea groups is 1. The van der Waals surface area contributed by atoms with Crippen molar-refractivity contribution in [3.05, 3.63) is 51.2 Å². The Hall–Kier alpha value is -1.52. The summed E-state index contributed by atoms with van der Waals surface area (Å²) in [6.07, 6.45) is 0.989. The van der Waals surface area contributed by atoms with Crippen molar-refractivity contribution in [2.45, 2.75) is 26.3 Å². The topological polar surface area (TPSA) is 41.1 Å². The zero-order chi connectivity index (χ0) is 14.5. The average molecular weight is 309 g/mol. The summed E-state index contributed by atoms with van der Waals surface area (Å²) in [6, 6.07) is 11.3. The molecule has 2 N–H and O–H groups in total. The van der Waals surface area contributed by atoms with E-state index in [2.05, 4.69) is 17.6 Å². The van der Waals surface area contributed by atoms with Gasteiger partial charge >= 0.3 is 6.03 Å². The first-order chi connectivity index (χ1) is 9.58. The van der Waals surface area contributed by atoms with Gasteiger partial charge in [-0.25, -0.2) is 4.79 Å². The lowest BCUT2D eigenvalue weighted by Crippen LogP contribution is -2.30. The van der Waals surface area contributed by atoms with Crippen LogP contribution < -0.4 is 10.6 Å². The number of hydrogen-bond donors (Lipinski definition) is 2. The van der Waals surface area contributed by atoms with E-state index in [1.54, 1.807) is 0 Å². The summed E-state index contributed by atoms with van der Waals surface area (Å²) in [6.45, 7) is 4.03. The first-order valence-corrected chi connectivity index (χ1v) is 7.69. The van der Waals surface area contributed by atoms with Gasteiger partial charge in [-0.05, 0) is 43.2 Å². The molecule has 0 saturated carbocycles. The fourth-order valence-electron chi connectivity index (χ4n) is 1.82. The van der Waals surface area contributed by atoms with Gasteiger partial charge in [0.15, 0.2) is 0 Å². The lowest BCUT2D eigenvalue weighted by atomic mass is 10.1. The van der Waals surface area contributed by atoms with E-state index in [1.165, 1.54) is 16.9 Å². The zero-order valence-corrected chi connectivity index (χ0v) is 13.0. The highest BCUT2D eigenvalue weighted by Gasteiger charge is 2.11. The van der Waals surface area contributed by atoms with Crippen molar-refractivity contribution in [3.63, 3.8) is 0 Å². The molecule has 0 aliphatic rings. The molecular weight excluding hydrogens is 292 g/mol. The van der Waals surface area contributed by atoms with Crippen LogP contribution in [0.1, 0.15) is 30.3 Å². The lowest BCUT2D eigenvalue weighted by molar-refractivity contribution is 0.249. The van der Waals surface area contributed by atoms with E-state index in [0.29, 0.717) is 0 Å². The summed E-state index contributed by atoms with van der Waals surface area (Å²) in [7, 11) is 0. The molecule has 0 aliphatic carbocycles. The van der Waals surface area contributed by atoms with Crippen LogP contribution in [0.15, 0.2) is 36.4 Å². The van der Waals surface area contributed by atoms with Crippen molar-refractivity contribution >= 4 is 34.7 Å². The smallest absolute Gasteiger partial charge is 0.319 e. The molecule has 1 atom stereocenters. The maximum absolute atomic E-state index is 11.9. The Kier molecular flexibility index (Phi) is 5.04. The molecule has 2 amide bonds. The van der Waals surface area contributed by atoms with Crippen LogP contribution in [-0.2, 0) is 6.42 Å². The van der Waals surface area contributed by atoms with Gasteiger partial charge < -0.3 is 10.6 Å². The molecule has 1 heterocycles. The summed E-state index contributed by atoms with van der Waals surface area (Å²) in [5, 5.41) is 5.71. The molecule has 0 fully saturated rings. The number of hydrogen-bond acceptors (Lipinski definition) is 2. The number of benzene rings is 1. The minimum atomic E-state index is -0.216. The molecule has 3 nitrogen and oxygen atoms in total. The molecule has 2 aromatic rings. The van der Waals surface area contributed by atoms with E-state index in [9.17, 15) is 4.79 Å². The van der Waals surface area contributed by atoms with Gasteiger partial charge in [0, 0.05) is 10.6 Å². The number of carbonyl (C=O) groups is 1. The van der Waals surface area contributed by atoms with Crippen molar-refractivity contribution in [1.82, 2.24) is 5.32 Å². The Morgan fingerprint density at radius 3 is 2.50 bits per heavy atom. The number of aryl methyl sites for hydroxylation is 1. The summed E-state index contributed by atoms with van der Waals surface area (Å²) >= 11 is 7.36. The summed E-state index contributed by atoms with van der Waals surface area (Å²) < 4.78 is 0.726. The molecule has 5 heteroatoms. The third-order valence-corrected chi connectivity index (χ3v) is 4.40. The maximum Gasteiger partial charge on any atom is 0.319 e. The Morgan fingerprint density at radius 1 is 1.25 bits per heavy atom. The molecular formula is C15H17ClN2OS. The van der Waals surface area contributed by atoms with Gasteiger partial charge in [-0.3, -0.25) is 0 Å². The van der Waals surface area contributed by atoms with E-state index in [-0.39, 0.29) is 12.1 Å². The van der Waals surface area contributed by atoms with Crippen LogP contribution in [0.2, 0.25) is 4.34 Å². The largest absolute Gasteiger partial charge is 0.331 e. The first-order valence-electron chi connectivity index (χ1n) is 6.50. The molecule has 2 rings (SSSR count). The van der Waals surface area contributed by atoms with Gasteiger partial charge in [0.05, 0.1) is 10.4 Å². The number of amides is 2. The van der Waals surface area contributed by atoms with Crippen LogP contribution >= 0.6 is 22.9 Å². The summed E-state index contributed by atoms with van der Waals surface area (Å²) in [5.41, 5.74) is 2.04. The highest BCUT2D eigenvalue weighted by molar-refractivity contribution is 7.16. The summed E-state index contributed by atoms with van der Waals surface area (Å²) in [5.74, 6) is 0. The molecule has 0 bridgehead atoms. The van der Waals surface area contributed by atoms with Crippen LogP contribution in [0.3, 0.4) is 0 Å². The van der Waals surface area contributed by atoms with Gasteiger partial charge in [0.1, 0.15) is 0 Å². The van der Waals surface area contributed by atoms with Crippen molar-refractivity contribution in [3.8, 4) is 0 Å². The second kappa shape index (κ2) is 6.77. The number of anilines is 1.